The van der Waals surface area contributed by atoms with Gasteiger partial charge < -0.3 is 15.2 Å². The van der Waals surface area contributed by atoms with E-state index < -0.39 is 6.10 Å². The van der Waals surface area contributed by atoms with Gasteiger partial charge >= 0.3 is 0 Å². The van der Waals surface area contributed by atoms with Crippen LogP contribution in [0.1, 0.15) is 10.4 Å². The number of nitrogens with one attached hydrogen (secondary N) is 1. The van der Waals surface area contributed by atoms with Crippen molar-refractivity contribution in [3.63, 3.8) is 0 Å². The normalized spacial score (nSPS) is 12.1. The maximum absolute atomic E-state index is 12.2. The minimum Gasteiger partial charge on any atom is -0.389 e. The summed E-state index contributed by atoms with van der Waals surface area (Å²) in [5, 5.41) is 16.3. The average molecular weight is 275 g/mol. The van der Waals surface area contributed by atoms with Gasteiger partial charge in [0, 0.05) is 26.0 Å². The Morgan fingerprint density at radius 2 is 2.25 bits per heavy atom. The zero-order valence-corrected chi connectivity index (χ0v) is 11.2. The first-order valence-electron chi connectivity index (χ1n) is 6.26. The number of aliphatic hydroxyl groups is 1. The van der Waals surface area contributed by atoms with E-state index in [1.165, 1.54) is 7.11 Å². The molecule has 106 valence electrons. The molecule has 1 aromatic carbocycles. The maximum atomic E-state index is 12.2. The third-order valence-electron chi connectivity index (χ3n) is 2.76. The van der Waals surface area contributed by atoms with Gasteiger partial charge in [0.2, 0.25) is 0 Å². The van der Waals surface area contributed by atoms with Gasteiger partial charge in [-0.2, -0.15) is 5.10 Å². The van der Waals surface area contributed by atoms with Crippen LogP contribution in [-0.4, -0.2) is 47.2 Å². The van der Waals surface area contributed by atoms with Crippen molar-refractivity contribution in [2.45, 2.75) is 6.10 Å². The number of para-hydroxylation sites is 1. The standard InChI is InChI=1S/C14H17N3O3/c1-20-10-11(18)9-15-14(19)12-5-2-3-6-13(12)17-8-4-7-16-17/h2-8,11,18H,9-10H2,1H3,(H,15,19). The fraction of sp³-hybridized carbons (Fsp3) is 0.286. The fourth-order valence-corrected chi connectivity index (χ4v) is 1.83. The van der Waals surface area contributed by atoms with Gasteiger partial charge in [0.05, 0.1) is 24.0 Å². The second-order valence-electron chi connectivity index (χ2n) is 4.29. The summed E-state index contributed by atoms with van der Waals surface area (Å²) in [5.74, 6) is -0.258. The van der Waals surface area contributed by atoms with Gasteiger partial charge in [-0.1, -0.05) is 12.1 Å². The quantitative estimate of drug-likeness (QED) is 0.810. The summed E-state index contributed by atoms with van der Waals surface area (Å²) in [7, 11) is 1.50. The highest BCUT2D eigenvalue weighted by Crippen LogP contribution is 2.13. The molecule has 1 atom stereocenters. The van der Waals surface area contributed by atoms with Gasteiger partial charge in [0.25, 0.3) is 5.91 Å². The van der Waals surface area contributed by atoms with E-state index in [1.54, 1.807) is 35.3 Å². The molecule has 1 unspecified atom stereocenters. The van der Waals surface area contributed by atoms with Crippen LogP contribution < -0.4 is 5.32 Å². The molecule has 6 heteroatoms. The lowest BCUT2D eigenvalue weighted by Crippen LogP contribution is -2.34. The average Bonchev–Trinajstić information content (AvgIpc) is 2.99. The third-order valence-corrected chi connectivity index (χ3v) is 2.76. The molecule has 1 amide bonds. The van der Waals surface area contributed by atoms with Crippen LogP contribution in [0.3, 0.4) is 0 Å². The van der Waals surface area contributed by atoms with Crippen molar-refractivity contribution in [3.05, 3.63) is 48.3 Å². The van der Waals surface area contributed by atoms with Crippen molar-refractivity contribution in [2.24, 2.45) is 0 Å². The zero-order valence-electron chi connectivity index (χ0n) is 11.2. The van der Waals surface area contributed by atoms with Crippen LogP contribution in [0.2, 0.25) is 0 Å². The number of methoxy groups -OCH3 is 1. The number of aliphatic hydroxyl groups excluding tert-OH is 1. The number of carbonyl (C=O) groups is 1. The highest BCUT2D eigenvalue weighted by atomic mass is 16.5. The third kappa shape index (κ3) is 3.43. The van der Waals surface area contributed by atoms with Gasteiger partial charge in [-0.05, 0) is 18.2 Å². The molecule has 2 N–H and O–H groups in total. The number of ether oxygens (including phenoxy) is 1. The van der Waals surface area contributed by atoms with Crippen LogP contribution in [0.25, 0.3) is 5.69 Å². The highest BCUT2D eigenvalue weighted by molar-refractivity contribution is 5.97. The Bertz CT molecular complexity index is 555. The molecule has 1 aromatic heterocycles. The predicted octanol–water partition coefficient (Wildman–Crippen LogP) is 0.609. The number of amides is 1. The number of aromatic nitrogens is 2. The van der Waals surface area contributed by atoms with Gasteiger partial charge in [-0.3, -0.25) is 4.79 Å². The lowest BCUT2D eigenvalue weighted by atomic mass is 10.1. The number of carbonyl (C=O) groups excluding carboxylic acids is 1. The molecule has 0 radical (unpaired) electrons. The van der Waals surface area contributed by atoms with E-state index >= 15 is 0 Å². The number of rotatable bonds is 6. The van der Waals surface area contributed by atoms with E-state index in [1.807, 2.05) is 12.1 Å². The first-order valence-corrected chi connectivity index (χ1v) is 6.26. The summed E-state index contributed by atoms with van der Waals surface area (Å²) in [6.07, 6.45) is 2.70. The Morgan fingerprint density at radius 1 is 1.45 bits per heavy atom. The van der Waals surface area contributed by atoms with Crippen molar-refractivity contribution in [2.75, 3.05) is 20.3 Å². The predicted molar refractivity (Wildman–Crippen MR) is 73.8 cm³/mol. The summed E-state index contributed by atoms with van der Waals surface area (Å²) < 4.78 is 6.43. The van der Waals surface area contributed by atoms with Gasteiger partial charge in [-0.25, -0.2) is 4.68 Å². The molecule has 0 aliphatic heterocycles. The van der Waals surface area contributed by atoms with Crippen molar-refractivity contribution >= 4 is 5.91 Å². The van der Waals surface area contributed by atoms with Gasteiger partial charge in [0.1, 0.15) is 0 Å². The molecule has 6 nitrogen and oxygen atoms in total. The van der Waals surface area contributed by atoms with E-state index in [0.717, 1.165) is 0 Å². The first-order chi connectivity index (χ1) is 9.72. The van der Waals surface area contributed by atoms with Crippen LogP contribution in [0.4, 0.5) is 0 Å². The molecule has 1 heterocycles. The Hall–Kier alpha value is -2.18. The van der Waals surface area contributed by atoms with Gasteiger partial charge in [0.15, 0.2) is 0 Å². The fourth-order valence-electron chi connectivity index (χ4n) is 1.83. The van der Waals surface area contributed by atoms with E-state index in [0.29, 0.717) is 11.3 Å². The Morgan fingerprint density at radius 3 is 2.95 bits per heavy atom. The highest BCUT2D eigenvalue weighted by Gasteiger charge is 2.13. The van der Waals surface area contributed by atoms with Crippen molar-refractivity contribution in [1.29, 1.82) is 0 Å². The Labute approximate surface area is 117 Å². The number of hydrogen-bond donors (Lipinski definition) is 2. The van der Waals surface area contributed by atoms with Crippen LogP contribution in [0.15, 0.2) is 42.7 Å². The maximum Gasteiger partial charge on any atom is 0.253 e. The smallest absolute Gasteiger partial charge is 0.253 e. The Kier molecular flexibility index (Phi) is 4.86. The van der Waals surface area contributed by atoms with E-state index in [4.69, 9.17) is 4.74 Å². The minimum atomic E-state index is -0.721. The molecule has 0 fully saturated rings. The molecule has 0 aliphatic carbocycles. The number of nitrogens with zero attached hydrogens (tertiary/aromatic N) is 2. The van der Waals surface area contributed by atoms with Crippen molar-refractivity contribution < 1.29 is 14.6 Å². The van der Waals surface area contributed by atoms with Crippen LogP contribution in [0.5, 0.6) is 0 Å². The van der Waals surface area contributed by atoms with Crippen molar-refractivity contribution in [1.82, 2.24) is 15.1 Å². The van der Waals surface area contributed by atoms with Crippen LogP contribution in [-0.2, 0) is 4.74 Å². The zero-order chi connectivity index (χ0) is 14.4. The molecule has 0 saturated heterocycles. The summed E-state index contributed by atoms with van der Waals surface area (Å²) in [5.41, 5.74) is 1.19. The Balaban J connectivity index is 2.11. The van der Waals surface area contributed by atoms with Crippen LogP contribution in [0, 0.1) is 0 Å². The molecule has 0 aliphatic rings. The lowest BCUT2D eigenvalue weighted by Gasteiger charge is -2.13. The van der Waals surface area contributed by atoms with Crippen molar-refractivity contribution in [3.8, 4) is 5.69 Å². The van der Waals surface area contributed by atoms with E-state index in [9.17, 15) is 9.90 Å². The number of benzene rings is 1. The SMILES string of the molecule is COCC(O)CNC(=O)c1ccccc1-n1cccn1. The summed E-state index contributed by atoms with van der Waals surface area (Å²) in [4.78, 5) is 12.2. The molecule has 2 aromatic rings. The first kappa shape index (κ1) is 14.2. The molecule has 20 heavy (non-hydrogen) atoms. The summed E-state index contributed by atoms with van der Waals surface area (Å²) in [6, 6.07) is 8.95. The molecular formula is C14H17N3O3. The second kappa shape index (κ2) is 6.83. The number of hydrogen-bond acceptors (Lipinski definition) is 4. The largest absolute Gasteiger partial charge is 0.389 e. The summed E-state index contributed by atoms with van der Waals surface area (Å²) >= 11 is 0. The minimum absolute atomic E-state index is 0.139. The second-order valence-corrected chi connectivity index (χ2v) is 4.29. The van der Waals surface area contributed by atoms with E-state index in [2.05, 4.69) is 10.4 Å². The van der Waals surface area contributed by atoms with Gasteiger partial charge in [-0.15, -0.1) is 0 Å². The lowest BCUT2D eigenvalue weighted by molar-refractivity contribution is 0.0610. The molecule has 0 spiro atoms. The molecular weight excluding hydrogens is 258 g/mol. The topological polar surface area (TPSA) is 76.4 Å². The molecule has 0 bridgehead atoms. The summed E-state index contributed by atoms with van der Waals surface area (Å²) in [6.45, 7) is 0.321. The molecule has 0 saturated carbocycles. The molecule has 2 rings (SSSR count). The van der Waals surface area contributed by atoms with E-state index in [-0.39, 0.29) is 19.1 Å². The monoisotopic (exact) mass is 275 g/mol. The van der Waals surface area contributed by atoms with Crippen LogP contribution >= 0.6 is 0 Å².